The minimum atomic E-state index is 0.574. The Hall–Kier alpha value is -1.27. The fourth-order valence-electron chi connectivity index (χ4n) is 11.2. The maximum absolute atomic E-state index is 6.11. The molecule has 0 nitrogen and oxygen atoms in total. The molecule has 0 bridgehead atoms. The molecule has 0 heterocycles. The van der Waals surface area contributed by atoms with E-state index in [1.54, 1.807) is 5.56 Å². The van der Waals surface area contributed by atoms with E-state index in [1.165, 1.54) is 88.2 Å². The van der Waals surface area contributed by atoms with Gasteiger partial charge in [0, 0.05) is 5.02 Å². The van der Waals surface area contributed by atoms with Gasteiger partial charge in [0.05, 0.1) is 0 Å². The van der Waals surface area contributed by atoms with E-state index in [1.807, 2.05) is 12.1 Å². The lowest BCUT2D eigenvalue weighted by atomic mass is 9.43. The summed E-state index contributed by atoms with van der Waals surface area (Å²) in [6, 6.07) is 17.8. The summed E-state index contributed by atoms with van der Waals surface area (Å²) in [7, 11) is 0. The number of fused-ring (bicyclic) bond motifs is 5. The summed E-state index contributed by atoms with van der Waals surface area (Å²) in [5.41, 5.74) is 5.32. The van der Waals surface area contributed by atoms with Gasteiger partial charge in [-0.1, -0.05) is 102 Å². The molecule has 40 heavy (non-hydrogen) atoms. The standard InChI is InChI=1S/C39H55Cl/c1-26(2)7-6-8-27(3)35-19-20-36-34-18-15-32-25-31(21-23-38(32,4)37(34)22-24-39(35,36)5)30-11-9-28(10-12-30)29-13-16-33(40)17-14-29/h9-14,16-17,26-27,31-32,34-37H,6-8,15,18-25H2,1-5H3/t27-,31?,32+,34+,35-,36+,37+,38+,39-/m1/s1. The smallest absolute Gasteiger partial charge is 0.0406 e. The van der Waals surface area contributed by atoms with E-state index >= 15 is 0 Å². The van der Waals surface area contributed by atoms with E-state index in [0.29, 0.717) is 10.8 Å². The lowest BCUT2D eigenvalue weighted by Gasteiger charge is -2.61. The molecule has 0 spiro atoms. The Labute approximate surface area is 251 Å². The highest BCUT2D eigenvalue weighted by atomic mass is 35.5. The quantitative estimate of drug-likeness (QED) is 0.317. The molecule has 4 aliphatic carbocycles. The number of benzene rings is 2. The third-order valence-electron chi connectivity index (χ3n) is 13.4. The van der Waals surface area contributed by atoms with E-state index in [-0.39, 0.29) is 0 Å². The Morgan fingerprint density at radius 2 is 1.38 bits per heavy atom. The highest BCUT2D eigenvalue weighted by Crippen LogP contribution is 2.69. The average molecular weight is 559 g/mol. The van der Waals surface area contributed by atoms with Crippen LogP contribution in [-0.2, 0) is 0 Å². The third kappa shape index (κ3) is 5.23. The molecular weight excluding hydrogens is 504 g/mol. The Bertz CT molecular complexity index is 1130. The molecule has 4 fully saturated rings. The van der Waals surface area contributed by atoms with Crippen LogP contribution in [0.5, 0.6) is 0 Å². The lowest BCUT2D eigenvalue weighted by Crippen LogP contribution is -2.53. The van der Waals surface area contributed by atoms with Crippen molar-refractivity contribution >= 4 is 11.6 Å². The van der Waals surface area contributed by atoms with Crippen LogP contribution in [0.25, 0.3) is 11.1 Å². The summed E-state index contributed by atoms with van der Waals surface area (Å²) in [5.74, 6) is 7.39. The largest absolute Gasteiger partial charge is 0.0843 e. The van der Waals surface area contributed by atoms with Crippen LogP contribution in [-0.4, -0.2) is 0 Å². The summed E-state index contributed by atoms with van der Waals surface area (Å²) in [4.78, 5) is 0. The van der Waals surface area contributed by atoms with Crippen LogP contribution in [0.2, 0.25) is 5.02 Å². The van der Waals surface area contributed by atoms with Crippen molar-refractivity contribution in [2.75, 3.05) is 0 Å². The van der Waals surface area contributed by atoms with Gasteiger partial charge in [-0.2, -0.15) is 0 Å². The van der Waals surface area contributed by atoms with Crippen LogP contribution in [0.15, 0.2) is 48.5 Å². The molecule has 1 unspecified atom stereocenters. The van der Waals surface area contributed by atoms with Crippen molar-refractivity contribution in [3.05, 3.63) is 59.1 Å². The second-order valence-electron chi connectivity index (χ2n) is 15.8. The van der Waals surface area contributed by atoms with Gasteiger partial charge in [-0.05, 0) is 145 Å². The first-order valence-electron chi connectivity index (χ1n) is 17.0. The third-order valence-corrected chi connectivity index (χ3v) is 13.7. The van der Waals surface area contributed by atoms with E-state index in [0.717, 1.165) is 52.4 Å². The van der Waals surface area contributed by atoms with Crippen molar-refractivity contribution < 1.29 is 0 Å². The second kappa shape index (κ2) is 11.4. The molecule has 4 saturated carbocycles. The van der Waals surface area contributed by atoms with Gasteiger partial charge >= 0.3 is 0 Å². The Morgan fingerprint density at radius 3 is 2.08 bits per heavy atom. The van der Waals surface area contributed by atoms with Crippen LogP contribution < -0.4 is 0 Å². The first-order valence-corrected chi connectivity index (χ1v) is 17.4. The fraction of sp³-hybridized carbons (Fsp3) is 0.692. The minimum absolute atomic E-state index is 0.574. The first kappa shape index (κ1) is 28.8. The molecule has 6 rings (SSSR count). The van der Waals surface area contributed by atoms with E-state index < -0.39 is 0 Å². The molecule has 0 N–H and O–H groups in total. The zero-order chi connectivity index (χ0) is 28.1. The maximum Gasteiger partial charge on any atom is 0.0406 e. The summed E-state index contributed by atoms with van der Waals surface area (Å²) in [6.07, 6.45) is 17.6. The molecule has 0 radical (unpaired) electrons. The topological polar surface area (TPSA) is 0 Å². The van der Waals surface area contributed by atoms with Crippen molar-refractivity contribution in [2.24, 2.45) is 52.3 Å². The van der Waals surface area contributed by atoms with E-state index in [2.05, 4.69) is 71.0 Å². The predicted molar refractivity (Wildman–Crippen MR) is 173 cm³/mol. The lowest BCUT2D eigenvalue weighted by molar-refractivity contribution is -0.117. The number of hydrogen-bond acceptors (Lipinski definition) is 0. The van der Waals surface area contributed by atoms with Crippen molar-refractivity contribution in [2.45, 2.75) is 118 Å². The van der Waals surface area contributed by atoms with Crippen molar-refractivity contribution in [3.63, 3.8) is 0 Å². The monoisotopic (exact) mass is 558 g/mol. The highest BCUT2D eigenvalue weighted by molar-refractivity contribution is 6.30. The maximum atomic E-state index is 6.11. The molecule has 1 heteroatoms. The van der Waals surface area contributed by atoms with E-state index in [9.17, 15) is 0 Å². The van der Waals surface area contributed by atoms with Crippen molar-refractivity contribution in [1.82, 2.24) is 0 Å². The Balaban J connectivity index is 1.11. The van der Waals surface area contributed by atoms with Gasteiger partial charge in [-0.15, -0.1) is 0 Å². The second-order valence-corrected chi connectivity index (χ2v) is 16.2. The molecule has 9 atom stereocenters. The van der Waals surface area contributed by atoms with Crippen LogP contribution in [0, 0.1) is 52.3 Å². The number of hydrogen-bond donors (Lipinski definition) is 0. The Kier molecular flexibility index (Phi) is 8.24. The van der Waals surface area contributed by atoms with Crippen LogP contribution >= 0.6 is 11.6 Å². The summed E-state index contributed by atoms with van der Waals surface area (Å²) >= 11 is 6.11. The summed E-state index contributed by atoms with van der Waals surface area (Å²) < 4.78 is 0. The van der Waals surface area contributed by atoms with Gasteiger partial charge in [0.1, 0.15) is 0 Å². The molecule has 0 amide bonds. The van der Waals surface area contributed by atoms with Crippen LogP contribution in [0.4, 0.5) is 0 Å². The molecular formula is C39H55Cl. The minimum Gasteiger partial charge on any atom is -0.0843 e. The van der Waals surface area contributed by atoms with Crippen LogP contribution in [0.3, 0.4) is 0 Å². The molecule has 4 aliphatic rings. The normalized spacial score (nSPS) is 38.0. The van der Waals surface area contributed by atoms with Crippen molar-refractivity contribution in [3.8, 4) is 11.1 Å². The SMILES string of the molecule is CC(C)CCC[C@@H](C)[C@H]1CC[C@H]2[C@@H]3CC[C@H]4CC(c5ccc(-c6ccc(Cl)cc6)cc5)CC[C@]4(C)[C@H]3CC[C@]12C. The van der Waals surface area contributed by atoms with Gasteiger partial charge in [-0.25, -0.2) is 0 Å². The molecule has 2 aromatic rings. The van der Waals surface area contributed by atoms with Gasteiger partial charge in [0.25, 0.3) is 0 Å². The van der Waals surface area contributed by atoms with Gasteiger partial charge < -0.3 is 0 Å². The van der Waals surface area contributed by atoms with E-state index in [4.69, 9.17) is 11.6 Å². The zero-order valence-corrected chi connectivity index (χ0v) is 26.9. The zero-order valence-electron chi connectivity index (χ0n) is 26.1. The summed E-state index contributed by atoms with van der Waals surface area (Å²) in [6.45, 7) is 12.9. The Morgan fingerprint density at radius 1 is 0.725 bits per heavy atom. The first-order chi connectivity index (χ1) is 19.2. The predicted octanol–water partition coefficient (Wildman–Crippen LogP) is 12.2. The molecule has 218 valence electrons. The average Bonchev–Trinajstić information content (AvgIpc) is 3.30. The van der Waals surface area contributed by atoms with Crippen molar-refractivity contribution in [1.29, 1.82) is 0 Å². The number of rotatable bonds is 7. The molecule has 0 saturated heterocycles. The molecule has 0 aliphatic heterocycles. The highest BCUT2D eigenvalue weighted by Gasteiger charge is 2.60. The molecule has 0 aromatic heterocycles. The van der Waals surface area contributed by atoms with Gasteiger partial charge in [0.2, 0.25) is 0 Å². The fourth-order valence-corrected chi connectivity index (χ4v) is 11.3. The van der Waals surface area contributed by atoms with Crippen LogP contribution in [0.1, 0.15) is 123 Å². The number of halogens is 1. The van der Waals surface area contributed by atoms with Gasteiger partial charge in [0.15, 0.2) is 0 Å². The van der Waals surface area contributed by atoms with Gasteiger partial charge in [-0.3, -0.25) is 0 Å². The molecule has 2 aromatic carbocycles. The summed E-state index contributed by atoms with van der Waals surface area (Å²) in [5, 5.41) is 0.808.